The second-order valence-corrected chi connectivity index (χ2v) is 8.04. The first-order valence-corrected chi connectivity index (χ1v) is 10.4. The Morgan fingerprint density at radius 1 is 0.610 bits per heavy atom. The number of alkyl halides is 12. The summed E-state index contributed by atoms with van der Waals surface area (Å²) in [7, 11) is 0. The van der Waals surface area contributed by atoms with Crippen LogP contribution in [0.2, 0.25) is 0 Å². The third-order valence-corrected chi connectivity index (χ3v) is 4.92. The van der Waals surface area contributed by atoms with Crippen LogP contribution in [0.15, 0.2) is 72.8 Å². The first-order valence-electron chi connectivity index (χ1n) is 10.4. The summed E-state index contributed by atoms with van der Waals surface area (Å²) in [6.07, 6.45) is -23.5. The van der Waals surface area contributed by atoms with E-state index < -0.39 is 70.1 Å². The second-order valence-electron chi connectivity index (χ2n) is 8.04. The Balaban J connectivity index is 0.000000762. The average Bonchev–Trinajstić information content (AvgIpc) is 3.46. The minimum atomic E-state index is -5.87. The van der Waals surface area contributed by atoms with Gasteiger partial charge < -0.3 is 9.47 Å². The molecule has 2 aromatic carbocycles. The molecule has 0 N–H and O–H groups in total. The van der Waals surface area contributed by atoms with Gasteiger partial charge in [0.05, 0.1) is 0 Å². The van der Waals surface area contributed by atoms with Crippen LogP contribution in [-0.4, -0.2) is 36.6 Å². The Hall–Kier alpha value is -3.20. The van der Waals surface area contributed by atoms with Gasteiger partial charge in [-0.3, -0.25) is 0 Å². The Labute approximate surface area is 234 Å². The first kappa shape index (κ1) is 37.8. The van der Waals surface area contributed by atoms with Crippen molar-refractivity contribution < 1.29 is 88.8 Å². The number of ether oxygens (including phenoxy) is 2. The van der Waals surface area contributed by atoms with Crippen molar-refractivity contribution in [3.05, 3.63) is 84.0 Å². The molecule has 0 aromatic heterocycles. The van der Waals surface area contributed by atoms with Crippen molar-refractivity contribution in [2.45, 2.75) is 49.8 Å². The van der Waals surface area contributed by atoms with Gasteiger partial charge in [-0.1, -0.05) is 13.2 Å². The summed E-state index contributed by atoms with van der Waals surface area (Å²) in [5.74, 6) is -3.55. The van der Waals surface area contributed by atoms with Crippen molar-refractivity contribution in [2.75, 3.05) is 0 Å². The van der Waals surface area contributed by atoms with E-state index in [2.05, 4.69) is 22.6 Å². The fourth-order valence-electron chi connectivity index (χ4n) is 3.00. The van der Waals surface area contributed by atoms with Gasteiger partial charge in [-0.25, -0.2) is 33.9 Å². The third kappa shape index (κ3) is 7.56. The van der Waals surface area contributed by atoms with Gasteiger partial charge in [-0.05, 0) is 13.8 Å². The second kappa shape index (κ2) is 12.8. The van der Waals surface area contributed by atoms with Crippen molar-refractivity contribution in [3.63, 3.8) is 0 Å². The Kier molecular flexibility index (Phi) is 11.8. The number of hydrogen-bond donors (Lipinski definition) is 0. The zero-order valence-electron chi connectivity index (χ0n) is 20.6. The van der Waals surface area contributed by atoms with Gasteiger partial charge in [0.15, 0.2) is 0 Å². The number of hydrogen-bond acceptors (Lipinski definition) is 4. The molecule has 0 aliphatic carbocycles. The molecule has 2 aromatic rings. The molecule has 0 radical (unpaired) electrons. The van der Waals surface area contributed by atoms with E-state index in [0.29, 0.717) is 24.3 Å². The maximum absolute atomic E-state index is 13.0. The van der Waals surface area contributed by atoms with Crippen molar-refractivity contribution in [2.24, 2.45) is 0 Å². The molecule has 0 spiro atoms. The number of carbonyl (C=O) groups excluding carboxylic acids is 2. The topological polar surface area (TPSA) is 52.6 Å². The van der Waals surface area contributed by atoms with E-state index in [1.165, 1.54) is 0 Å². The van der Waals surface area contributed by atoms with Gasteiger partial charge in [0.2, 0.25) is 0 Å². The number of halogens is 12. The molecule has 17 heteroatoms. The van der Waals surface area contributed by atoms with E-state index >= 15 is 0 Å². The largest absolute Gasteiger partial charge is 2.00 e. The number of esters is 2. The SMILES string of the molecule is C=C(C)C(=O)OC(c1ccc[cH-]1)(C(F)(F)F)C(F)(F)F.C=C(C)C(=O)OC(c1ccc[cH-]1)(C(F)(F)F)C(F)(F)F.[Fe+2]. The maximum atomic E-state index is 13.0. The Morgan fingerprint density at radius 3 is 1.00 bits per heavy atom. The van der Waals surface area contributed by atoms with Crippen LogP contribution in [0.4, 0.5) is 52.7 Å². The van der Waals surface area contributed by atoms with Gasteiger partial charge in [-0.2, -0.15) is 77.0 Å². The quantitative estimate of drug-likeness (QED) is 0.106. The molecule has 0 saturated heterocycles. The average molecular weight is 654 g/mol. The summed E-state index contributed by atoms with van der Waals surface area (Å²) < 4.78 is 164. The van der Waals surface area contributed by atoms with Gasteiger partial charge in [0, 0.05) is 11.1 Å². The van der Waals surface area contributed by atoms with E-state index in [4.69, 9.17) is 0 Å². The predicted molar refractivity (Wildman–Crippen MR) is 113 cm³/mol. The van der Waals surface area contributed by atoms with E-state index in [-0.39, 0.29) is 17.1 Å². The fourth-order valence-corrected chi connectivity index (χ4v) is 3.00. The molecule has 0 aliphatic heterocycles. The molecule has 0 aliphatic rings. The number of carbonyl (C=O) groups is 2. The van der Waals surface area contributed by atoms with Crippen LogP contribution in [0.5, 0.6) is 0 Å². The molecular weight excluding hydrogens is 636 g/mol. The van der Waals surface area contributed by atoms with E-state index in [0.717, 1.165) is 38.1 Å². The molecule has 0 atom stereocenters. The first-order chi connectivity index (χ1) is 17.9. The smallest absolute Gasteiger partial charge is 0.433 e. The minimum absolute atomic E-state index is 0. The molecule has 0 heterocycles. The van der Waals surface area contributed by atoms with E-state index in [1.54, 1.807) is 0 Å². The third-order valence-electron chi connectivity index (χ3n) is 4.92. The summed E-state index contributed by atoms with van der Waals surface area (Å²) in [5, 5.41) is 0. The minimum Gasteiger partial charge on any atom is -0.433 e. The van der Waals surface area contributed by atoms with Gasteiger partial charge >= 0.3 is 64.9 Å². The van der Waals surface area contributed by atoms with Crippen molar-refractivity contribution in [1.82, 2.24) is 0 Å². The zero-order chi connectivity index (χ0) is 31.5. The zero-order valence-corrected chi connectivity index (χ0v) is 21.7. The molecule has 4 nitrogen and oxygen atoms in total. The summed E-state index contributed by atoms with van der Waals surface area (Å²) in [6.45, 7) is 7.85. The van der Waals surface area contributed by atoms with Crippen molar-refractivity contribution >= 4 is 11.9 Å². The van der Waals surface area contributed by atoms with Crippen LogP contribution in [-0.2, 0) is 47.3 Å². The van der Waals surface area contributed by atoms with Crippen LogP contribution < -0.4 is 0 Å². The van der Waals surface area contributed by atoms with E-state index in [9.17, 15) is 62.3 Å². The standard InChI is InChI=1S/2C12H9F6O2.Fe/c2*1-7(2)9(19)20-10(11(13,14)15,12(16,17)18)8-5-3-4-6-8;/h2*3-6H,1H2,2H3;/q2*-1;+2. The molecular formula is C24H18F12FeO4. The summed E-state index contributed by atoms with van der Waals surface area (Å²) in [5.41, 5.74) is -13.0. The molecule has 0 fully saturated rings. The van der Waals surface area contributed by atoms with Crippen LogP contribution in [0, 0.1) is 0 Å². The molecule has 0 amide bonds. The van der Waals surface area contributed by atoms with Gasteiger partial charge in [-0.15, -0.1) is 11.1 Å². The monoisotopic (exact) mass is 654 g/mol. The molecule has 230 valence electrons. The van der Waals surface area contributed by atoms with Crippen molar-refractivity contribution in [3.8, 4) is 0 Å². The summed E-state index contributed by atoms with van der Waals surface area (Å²) >= 11 is 0. The van der Waals surface area contributed by atoms with E-state index in [1.807, 2.05) is 0 Å². The van der Waals surface area contributed by atoms with Gasteiger partial charge in [0.25, 0.3) is 0 Å². The molecule has 41 heavy (non-hydrogen) atoms. The molecule has 0 saturated carbocycles. The molecule has 2 rings (SSSR count). The van der Waals surface area contributed by atoms with Gasteiger partial charge in [0.1, 0.15) is 0 Å². The van der Waals surface area contributed by atoms with Crippen molar-refractivity contribution in [1.29, 1.82) is 0 Å². The van der Waals surface area contributed by atoms with Crippen LogP contribution >= 0.6 is 0 Å². The van der Waals surface area contributed by atoms with Crippen LogP contribution in [0.25, 0.3) is 0 Å². The van der Waals surface area contributed by atoms with Crippen LogP contribution in [0.1, 0.15) is 25.0 Å². The summed E-state index contributed by atoms with van der Waals surface area (Å²) in [6, 6.07) is 6.29. The molecule has 0 bridgehead atoms. The predicted octanol–water partition coefficient (Wildman–Crippen LogP) is 7.69. The number of rotatable bonds is 6. The summed E-state index contributed by atoms with van der Waals surface area (Å²) in [4.78, 5) is 22.5. The maximum Gasteiger partial charge on any atom is 2.00 e. The Morgan fingerprint density at radius 2 is 0.854 bits per heavy atom. The Bertz CT molecular complexity index is 1060. The molecule has 0 unspecified atom stereocenters. The fraction of sp³-hybridized carbons (Fsp3) is 0.333. The van der Waals surface area contributed by atoms with Crippen LogP contribution in [0.3, 0.4) is 0 Å². The normalized spacial score (nSPS) is 12.8.